The normalized spacial score (nSPS) is 11.1. The van der Waals surface area contributed by atoms with Gasteiger partial charge in [-0.15, -0.1) is 0 Å². The van der Waals surface area contributed by atoms with Crippen molar-refractivity contribution in [2.75, 3.05) is 11.9 Å². The molecule has 0 radical (unpaired) electrons. The maximum Gasteiger partial charge on any atom is 0.343 e. The molecule has 0 unspecified atom stereocenters. The molecule has 0 saturated heterocycles. The summed E-state index contributed by atoms with van der Waals surface area (Å²) in [5.41, 5.74) is 4.01. The smallest absolute Gasteiger partial charge is 0.343 e. The number of para-hydroxylation sites is 1. The van der Waals surface area contributed by atoms with Gasteiger partial charge in [0, 0.05) is 30.6 Å². The van der Waals surface area contributed by atoms with E-state index in [0.717, 1.165) is 17.0 Å². The summed E-state index contributed by atoms with van der Waals surface area (Å²) >= 11 is 0. The number of anilines is 1. The number of nitrogens with one attached hydrogen (secondary N) is 1. The Morgan fingerprint density at radius 2 is 1.89 bits per heavy atom. The number of carbonyl (C=O) groups is 2. The summed E-state index contributed by atoms with van der Waals surface area (Å²) in [7, 11) is 1.86. The first kappa shape index (κ1) is 22.0. The third-order valence-electron chi connectivity index (χ3n) is 5.60. The molecule has 0 bridgehead atoms. The molecule has 0 aliphatic carbocycles. The number of amides is 1. The van der Waals surface area contributed by atoms with Gasteiger partial charge >= 0.3 is 5.97 Å². The van der Waals surface area contributed by atoms with Crippen molar-refractivity contribution in [3.05, 3.63) is 78.0 Å². The summed E-state index contributed by atoms with van der Waals surface area (Å²) in [6.45, 7) is 3.85. The van der Waals surface area contributed by atoms with Crippen LogP contribution in [0.4, 0.5) is 5.82 Å². The van der Waals surface area contributed by atoms with Crippen molar-refractivity contribution in [3.63, 3.8) is 0 Å². The molecule has 1 amide bonds. The minimum atomic E-state index is -0.587. The third-order valence-corrected chi connectivity index (χ3v) is 5.60. The van der Waals surface area contributed by atoms with Crippen LogP contribution in [-0.4, -0.2) is 52.6 Å². The molecule has 4 aromatic heterocycles. The monoisotopic (exact) mass is 470 g/mol. The molecule has 11 heteroatoms. The van der Waals surface area contributed by atoms with Crippen molar-refractivity contribution in [1.82, 2.24) is 34.2 Å². The number of carbonyl (C=O) groups excluding carboxylic acids is 2. The van der Waals surface area contributed by atoms with Gasteiger partial charge in [-0.25, -0.2) is 19.0 Å². The second-order valence-corrected chi connectivity index (χ2v) is 7.73. The highest BCUT2D eigenvalue weighted by molar-refractivity contribution is 6.07. The maximum absolute atomic E-state index is 13.3. The Morgan fingerprint density at radius 3 is 2.60 bits per heavy atom. The van der Waals surface area contributed by atoms with Gasteiger partial charge in [0.15, 0.2) is 17.2 Å². The minimum absolute atomic E-state index is 0.127. The quantitative estimate of drug-likeness (QED) is 0.379. The number of esters is 1. The SMILES string of the molecule is CCOC(=O)c1cnn(-c2ccccc2)c1NC(=O)c1cc2nccc(-c3cnn(C)c3C)n2n1. The molecule has 0 saturated carbocycles. The maximum atomic E-state index is 13.3. The van der Waals surface area contributed by atoms with Crippen molar-refractivity contribution >= 4 is 23.3 Å². The van der Waals surface area contributed by atoms with Gasteiger partial charge in [0.2, 0.25) is 0 Å². The van der Waals surface area contributed by atoms with Crippen molar-refractivity contribution in [1.29, 1.82) is 0 Å². The van der Waals surface area contributed by atoms with Crippen molar-refractivity contribution in [3.8, 4) is 16.9 Å². The third kappa shape index (κ3) is 3.92. The van der Waals surface area contributed by atoms with Crippen LogP contribution in [0.2, 0.25) is 0 Å². The lowest BCUT2D eigenvalue weighted by Gasteiger charge is -2.10. The fourth-order valence-electron chi connectivity index (χ4n) is 3.72. The average Bonchev–Trinajstić information content (AvgIpc) is 3.57. The molecule has 35 heavy (non-hydrogen) atoms. The van der Waals surface area contributed by atoms with Gasteiger partial charge in [-0.1, -0.05) is 18.2 Å². The minimum Gasteiger partial charge on any atom is -0.462 e. The first-order chi connectivity index (χ1) is 17.0. The standard InChI is InChI=1S/C24H22N8O3/c1-4-35-24(34)18-14-27-31(16-8-6-5-7-9-16)22(18)28-23(33)19-12-21-25-11-10-20(32(21)29-19)17-13-26-30(3)15(17)2/h5-14H,4H2,1-3H3,(H,28,33). The van der Waals surface area contributed by atoms with Crippen LogP contribution in [0.5, 0.6) is 0 Å². The summed E-state index contributed by atoms with van der Waals surface area (Å²) in [6, 6.07) is 12.6. The summed E-state index contributed by atoms with van der Waals surface area (Å²) in [4.78, 5) is 30.2. The van der Waals surface area contributed by atoms with Crippen LogP contribution in [0.1, 0.15) is 33.5 Å². The van der Waals surface area contributed by atoms with E-state index in [1.54, 1.807) is 34.6 Å². The number of hydrogen-bond donors (Lipinski definition) is 1. The lowest BCUT2D eigenvalue weighted by atomic mass is 10.2. The Hall–Kier alpha value is -4.80. The van der Waals surface area contributed by atoms with Gasteiger partial charge in [-0.2, -0.15) is 15.3 Å². The second kappa shape index (κ2) is 8.86. The van der Waals surface area contributed by atoms with E-state index < -0.39 is 11.9 Å². The first-order valence-corrected chi connectivity index (χ1v) is 10.9. The van der Waals surface area contributed by atoms with Crippen LogP contribution in [0.15, 0.2) is 61.1 Å². The molecule has 5 rings (SSSR count). The number of aryl methyl sites for hydroxylation is 1. The molecular formula is C24H22N8O3. The Bertz CT molecular complexity index is 1550. The molecule has 0 aliphatic rings. The molecule has 0 atom stereocenters. The van der Waals surface area contributed by atoms with Crippen LogP contribution in [0, 0.1) is 6.92 Å². The van der Waals surface area contributed by atoms with Crippen LogP contribution in [0.25, 0.3) is 22.6 Å². The Morgan fingerprint density at radius 1 is 1.09 bits per heavy atom. The van der Waals surface area contributed by atoms with Crippen molar-refractivity contribution < 1.29 is 14.3 Å². The molecule has 5 aromatic rings. The molecule has 1 N–H and O–H groups in total. The summed E-state index contributed by atoms with van der Waals surface area (Å²) in [6.07, 6.45) is 4.77. The summed E-state index contributed by atoms with van der Waals surface area (Å²) in [5.74, 6) is -0.920. The van der Waals surface area contributed by atoms with E-state index in [0.29, 0.717) is 11.3 Å². The average molecular weight is 470 g/mol. The van der Waals surface area contributed by atoms with Gasteiger partial charge in [-0.3, -0.25) is 9.48 Å². The largest absolute Gasteiger partial charge is 0.462 e. The second-order valence-electron chi connectivity index (χ2n) is 7.73. The Kier molecular flexibility index (Phi) is 5.57. The molecule has 176 valence electrons. The van der Waals surface area contributed by atoms with Crippen LogP contribution in [-0.2, 0) is 11.8 Å². The van der Waals surface area contributed by atoms with Crippen LogP contribution in [0.3, 0.4) is 0 Å². The van der Waals surface area contributed by atoms with Crippen molar-refractivity contribution in [2.24, 2.45) is 7.05 Å². The fraction of sp³-hybridized carbons (Fsp3) is 0.167. The van der Waals surface area contributed by atoms with Gasteiger partial charge in [0.05, 0.1) is 30.4 Å². The Balaban J connectivity index is 1.54. The molecular weight excluding hydrogens is 448 g/mol. The molecule has 0 aliphatic heterocycles. The zero-order valence-corrected chi connectivity index (χ0v) is 19.3. The number of hydrogen-bond acceptors (Lipinski definition) is 7. The van der Waals surface area contributed by atoms with Crippen molar-refractivity contribution in [2.45, 2.75) is 13.8 Å². The lowest BCUT2D eigenvalue weighted by molar-refractivity contribution is 0.0527. The van der Waals surface area contributed by atoms with E-state index in [1.165, 1.54) is 10.9 Å². The molecule has 11 nitrogen and oxygen atoms in total. The van der Waals surface area contributed by atoms with E-state index in [1.807, 2.05) is 50.4 Å². The Labute approximate surface area is 200 Å². The topological polar surface area (TPSA) is 121 Å². The van der Waals surface area contributed by atoms with E-state index in [-0.39, 0.29) is 23.7 Å². The van der Waals surface area contributed by atoms with E-state index >= 15 is 0 Å². The fourth-order valence-corrected chi connectivity index (χ4v) is 3.72. The lowest BCUT2D eigenvalue weighted by Crippen LogP contribution is -2.18. The van der Waals surface area contributed by atoms with Gasteiger partial charge in [-0.05, 0) is 32.0 Å². The van der Waals surface area contributed by atoms with Gasteiger partial charge in [0.25, 0.3) is 5.91 Å². The molecule has 0 fully saturated rings. The molecule has 1 aromatic carbocycles. The van der Waals surface area contributed by atoms with Gasteiger partial charge < -0.3 is 10.1 Å². The number of fused-ring (bicyclic) bond motifs is 1. The predicted octanol–water partition coefficient (Wildman–Crippen LogP) is 3.05. The summed E-state index contributed by atoms with van der Waals surface area (Å²) in [5, 5.41) is 15.9. The highest BCUT2D eigenvalue weighted by Crippen LogP contribution is 2.25. The zero-order chi connectivity index (χ0) is 24.5. The molecule has 4 heterocycles. The molecule has 0 spiro atoms. The number of nitrogens with zero attached hydrogens (tertiary/aromatic N) is 7. The number of rotatable bonds is 6. The first-order valence-electron chi connectivity index (χ1n) is 10.9. The van der Waals surface area contributed by atoms with Crippen LogP contribution < -0.4 is 5.32 Å². The van der Waals surface area contributed by atoms with Crippen LogP contribution >= 0.6 is 0 Å². The highest BCUT2D eigenvalue weighted by Gasteiger charge is 2.24. The number of benzene rings is 1. The number of ether oxygens (including phenoxy) is 1. The van der Waals surface area contributed by atoms with E-state index in [2.05, 4.69) is 25.6 Å². The number of aromatic nitrogens is 7. The van der Waals surface area contributed by atoms with E-state index in [4.69, 9.17) is 4.74 Å². The predicted molar refractivity (Wildman–Crippen MR) is 127 cm³/mol. The highest BCUT2D eigenvalue weighted by atomic mass is 16.5. The zero-order valence-electron chi connectivity index (χ0n) is 19.3. The summed E-state index contributed by atoms with van der Waals surface area (Å²) < 4.78 is 9.99. The van der Waals surface area contributed by atoms with E-state index in [9.17, 15) is 9.59 Å². The van der Waals surface area contributed by atoms with Gasteiger partial charge in [0.1, 0.15) is 5.56 Å².